The minimum Gasteiger partial charge on any atom is -0.394 e. The number of thiocarbonyl (C=S) groups is 1. The fourth-order valence-electron chi connectivity index (χ4n) is 0.788. The Bertz CT molecular complexity index is 264. The summed E-state index contributed by atoms with van der Waals surface area (Å²) in [5, 5.41) is 26.8. The van der Waals surface area contributed by atoms with E-state index in [0.717, 1.165) is 0 Å². The average Bonchev–Trinajstić information content (AvgIpc) is 2.11. The first kappa shape index (κ1) is 15.1. The summed E-state index contributed by atoms with van der Waals surface area (Å²) in [7, 11) is -4.70. The molecule has 5 N–H and O–H groups in total. The zero-order valence-electron chi connectivity index (χ0n) is 7.85. The Labute approximate surface area is 91.6 Å². The third-order valence-electron chi connectivity index (χ3n) is 1.54. The number of phosphoric acid groups is 1. The van der Waals surface area contributed by atoms with Crippen LogP contribution in [0.1, 0.15) is 6.92 Å². The van der Waals surface area contributed by atoms with Crippen LogP contribution in [-0.4, -0.2) is 54.9 Å². The number of hydrogen-bond donors (Lipinski definition) is 5. The van der Waals surface area contributed by atoms with Crippen LogP contribution >= 0.6 is 20.0 Å². The molecule has 0 aromatic heterocycles. The maximum absolute atomic E-state index is 10.4. The first-order chi connectivity index (χ1) is 6.69. The molecule has 0 rings (SSSR count). The first-order valence-corrected chi connectivity index (χ1v) is 5.87. The Kier molecular flexibility index (Phi) is 6.01. The summed E-state index contributed by atoms with van der Waals surface area (Å²) in [5.41, 5.74) is 0. The van der Waals surface area contributed by atoms with Crippen LogP contribution in [0, 0.1) is 0 Å². The molecule has 7 nitrogen and oxygen atoms in total. The van der Waals surface area contributed by atoms with Gasteiger partial charge in [-0.3, -0.25) is 4.52 Å². The van der Waals surface area contributed by atoms with E-state index in [1.54, 1.807) is 0 Å². The van der Waals surface area contributed by atoms with Crippen LogP contribution in [0.4, 0.5) is 0 Å². The molecule has 0 aromatic rings. The predicted molar refractivity (Wildman–Crippen MR) is 54.3 cm³/mol. The number of rotatable bonds is 6. The van der Waals surface area contributed by atoms with Crippen molar-refractivity contribution in [3.05, 3.63) is 0 Å². The molecule has 0 heterocycles. The molecule has 1 unspecified atom stereocenters. The van der Waals surface area contributed by atoms with Crippen LogP contribution in [0.15, 0.2) is 0 Å². The molecule has 0 radical (unpaired) electrons. The van der Waals surface area contributed by atoms with Gasteiger partial charge in [-0.15, -0.1) is 0 Å². The molecule has 0 aliphatic heterocycles. The molecule has 0 amide bonds. The zero-order valence-corrected chi connectivity index (χ0v) is 9.56. The standard InChI is InChI=1S/C6H13O7PS/c1-3(13-14(10,11)12)6(15)5(9)4(8)2-7/h3-5,7-9H,2H2,1H3,(H2,10,11,12)/t3?,4-,5-/m1/s1. The highest BCUT2D eigenvalue weighted by Crippen LogP contribution is 2.38. The lowest BCUT2D eigenvalue weighted by Crippen LogP contribution is -2.40. The summed E-state index contributed by atoms with van der Waals surface area (Å²) in [4.78, 5) is 16.6. The van der Waals surface area contributed by atoms with E-state index in [-0.39, 0.29) is 4.86 Å². The molecule has 0 aliphatic rings. The molecule has 0 saturated heterocycles. The van der Waals surface area contributed by atoms with Crippen molar-refractivity contribution in [2.24, 2.45) is 0 Å². The summed E-state index contributed by atoms with van der Waals surface area (Å²) >= 11 is 4.62. The van der Waals surface area contributed by atoms with E-state index in [9.17, 15) is 9.67 Å². The van der Waals surface area contributed by atoms with Crippen molar-refractivity contribution >= 4 is 24.9 Å². The van der Waals surface area contributed by atoms with Gasteiger partial charge in [0.1, 0.15) is 18.3 Å². The summed E-state index contributed by atoms with van der Waals surface area (Å²) in [5.74, 6) is 0. The van der Waals surface area contributed by atoms with Gasteiger partial charge in [-0.05, 0) is 6.92 Å². The van der Waals surface area contributed by atoms with E-state index in [1.807, 2.05) is 0 Å². The largest absolute Gasteiger partial charge is 0.470 e. The first-order valence-electron chi connectivity index (χ1n) is 3.93. The zero-order chi connectivity index (χ0) is 12.2. The lowest BCUT2D eigenvalue weighted by molar-refractivity contribution is 0.0156. The highest BCUT2D eigenvalue weighted by Gasteiger charge is 2.29. The van der Waals surface area contributed by atoms with E-state index in [2.05, 4.69) is 16.7 Å². The Morgan fingerprint density at radius 3 is 2.27 bits per heavy atom. The molecular weight excluding hydrogens is 247 g/mol. The molecule has 15 heavy (non-hydrogen) atoms. The third-order valence-corrected chi connectivity index (χ3v) is 2.70. The lowest BCUT2D eigenvalue weighted by Gasteiger charge is -2.21. The van der Waals surface area contributed by atoms with Crippen molar-refractivity contribution in [1.82, 2.24) is 0 Å². The SMILES string of the molecule is CC(OP(=O)(O)O)C(=S)[C@H](O)[C@H](O)CO. The molecular formula is C6H13O7PS. The van der Waals surface area contributed by atoms with Crippen LogP contribution in [0.2, 0.25) is 0 Å². The fourth-order valence-corrected chi connectivity index (χ4v) is 1.59. The Morgan fingerprint density at radius 2 is 1.93 bits per heavy atom. The fraction of sp³-hybridized carbons (Fsp3) is 0.833. The van der Waals surface area contributed by atoms with Gasteiger partial charge in [0, 0.05) is 0 Å². The number of aliphatic hydroxyl groups excluding tert-OH is 3. The lowest BCUT2D eigenvalue weighted by atomic mass is 10.1. The van der Waals surface area contributed by atoms with E-state index in [4.69, 9.17) is 20.0 Å². The normalized spacial score (nSPS) is 18.3. The molecule has 3 atom stereocenters. The minimum absolute atomic E-state index is 0.292. The van der Waals surface area contributed by atoms with Crippen molar-refractivity contribution < 1.29 is 34.2 Å². The molecule has 0 fully saturated rings. The quantitative estimate of drug-likeness (QED) is 0.290. The molecule has 0 bridgehead atoms. The van der Waals surface area contributed by atoms with Gasteiger partial charge in [0.15, 0.2) is 0 Å². The van der Waals surface area contributed by atoms with Gasteiger partial charge in [-0.25, -0.2) is 4.57 Å². The number of phosphoric ester groups is 1. The maximum Gasteiger partial charge on any atom is 0.470 e. The maximum atomic E-state index is 10.4. The molecule has 0 aliphatic carbocycles. The highest BCUT2D eigenvalue weighted by atomic mass is 32.1. The Morgan fingerprint density at radius 1 is 1.47 bits per heavy atom. The van der Waals surface area contributed by atoms with Crippen LogP contribution < -0.4 is 0 Å². The van der Waals surface area contributed by atoms with Gasteiger partial charge in [0.25, 0.3) is 0 Å². The van der Waals surface area contributed by atoms with Gasteiger partial charge in [-0.2, -0.15) is 0 Å². The van der Waals surface area contributed by atoms with Crippen LogP contribution in [0.3, 0.4) is 0 Å². The van der Waals surface area contributed by atoms with E-state index >= 15 is 0 Å². The summed E-state index contributed by atoms with van der Waals surface area (Å²) in [6, 6.07) is 0. The number of hydrogen-bond acceptors (Lipinski definition) is 6. The van der Waals surface area contributed by atoms with Crippen LogP contribution in [-0.2, 0) is 9.09 Å². The second-order valence-electron chi connectivity index (χ2n) is 2.84. The smallest absolute Gasteiger partial charge is 0.394 e. The summed E-state index contributed by atoms with van der Waals surface area (Å²) in [6.07, 6.45) is -4.29. The van der Waals surface area contributed by atoms with Gasteiger partial charge >= 0.3 is 7.82 Å². The van der Waals surface area contributed by atoms with Crippen molar-refractivity contribution in [1.29, 1.82) is 0 Å². The predicted octanol–water partition coefficient (Wildman–Crippen LogP) is -1.43. The average molecular weight is 260 g/mol. The van der Waals surface area contributed by atoms with Gasteiger partial charge in [0.2, 0.25) is 0 Å². The second-order valence-corrected chi connectivity index (χ2v) is 4.50. The third kappa shape index (κ3) is 5.64. The number of aliphatic hydroxyl groups is 3. The summed E-state index contributed by atoms with van der Waals surface area (Å²) in [6.45, 7) is 0.499. The van der Waals surface area contributed by atoms with Crippen molar-refractivity contribution in [2.75, 3.05) is 6.61 Å². The van der Waals surface area contributed by atoms with E-state index in [1.165, 1.54) is 6.92 Å². The molecule has 0 spiro atoms. The van der Waals surface area contributed by atoms with E-state index < -0.39 is 32.7 Å². The highest BCUT2D eigenvalue weighted by molar-refractivity contribution is 7.80. The second kappa shape index (κ2) is 5.97. The van der Waals surface area contributed by atoms with Gasteiger partial charge in [0.05, 0.1) is 11.5 Å². The van der Waals surface area contributed by atoms with Crippen LogP contribution in [0.25, 0.3) is 0 Å². The van der Waals surface area contributed by atoms with Crippen molar-refractivity contribution in [3.8, 4) is 0 Å². The van der Waals surface area contributed by atoms with Gasteiger partial charge in [-0.1, -0.05) is 12.2 Å². The molecule has 0 aromatic carbocycles. The van der Waals surface area contributed by atoms with Crippen molar-refractivity contribution in [3.63, 3.8) is 0 Å². The Balaban J connectivity index is 4.38. The molecule has 90 valence electrons. The van der Waals surface area contributed by atoms with E-state index in [0.29, 0.717) is 0 Å². The van der Waals surface area contributed by atoms with Crippen LogP contribution in [0.5, 0.6) is 0 Å². The summed E-state index contributed by atoms with van der Waals surface area (Å²) < 4.78 is 14.6. The molecule has 0 saturated carbocycles. The molecule has 9 heteroatoms. The Hall–Kier alpha value is 0.0800. The topological polar surface area (TPSA) is 127 Å². The minimum atomic E-state index is -4.70. The van der Waals surface area contributed by atoms with Gasteiger partial charge < -0.3 is 25.1 Å². The van der Waals surface area contributed by atoms with Crippen molar-refractivity contribution in [2.45, 2.75) is 25.2 Å². The monoisotopic (exact) mass is 260 g/mol.